The number of hydrogen-bond acceptors (Lipinski definition) is 3. The SMILES string of the molecule is N[C]1N=NC=C1c1ccccc1Br. The summed E-state index contributed by atoms with van der Waals surface area (Å²) >= 11 is 3.44. The van der Waals surface area contributed by atoms with Gasteiger partial charge in [-0.05, 0) is 11.6 Å². The molecule has 3 nitrogen and oxygen atoms in total. The van der Waals surface area contributed by atoms with Crippen molar-refractivity contribution in [1.29, 1.82) is 0 Å². The van der Waals surface area contributed by atoms with Crippen LogP contribution in [0.4, 0.5) is 0 Å². The normalized spacial score (nSPS) is 16.3. The second-order valence-corrected chi connectivity index (χ2v) is 3.48. The van der Waals surface area contributed by atoms with Crippen LogP contribution in [0.1, 0.15) is 5.56 Å². The molecule has 1 aliphatic heterocycles. The number of nitrogens with two attached hydrogens (primary N) is 1. The lowest BCUT2D eigenvalue weighted by atomic mass is 10.1. The Bertz CT molecular complexity index is 384. The van der Waals surface area contributed by atoms with E-state index in [0.717, 1.165) is 15.6 Å². The van der Waals surface area contributed by atoms with Crippen LogP contribution in [0.5, 0.6) is 0 Å². The average molecular weight is 237 g/mol. The van der Waals surface area contributed by atoms with Gasteiger partial charge in [-0.1, -0.05) is 34.1 Å². The molecule has 0 aromatic heterocycles. The van der Waals surface area contributed by atoms with Crippen LogP contribution in [0.15, 0.2) is 45.2 Å². The van der Waals surface area contributed by atoms with Crippen molar-refractivity contribution in [3.8, 4) is 0 Å². The van der Waals surface area contributed by atoms with Gasteiger partial charge < -0.3 is 0 Å². The van der Waals surface area contributed by atoms with Crippen molar-refractivity contribution in [1.82, 2.24) is 0 Å². The summed E-state index contributed by atoms with van der Waals surface area (Å²) < 4.78 is 0.997. The number of azo groups is 1. The first-order valence-corrected chi connectivity index (χ1v) is 4.57. The molecule has 0 bridgehead atoms. The maximum absolute atomic E-state index is 5.65. The molecule has 65 valence electrons. The fourth-order valence-corrected chi connectivity index (χ4v) is 1.65. The summed E-state index contributed by atoms with van der Waals surface area (Å²) in [7, 11) is 0. The van der Waals surface area contributed by atoms with Crippen LogP contribution in [0.25, 0.3) is 5.57 Å². The molecule has 0 aliphatic carbocycles. The Morgan fingerprint density at radius 3 is 2.62 bits per heavy atom. The van der Waals surface area contributed by atoms with Crippen molar-refractivity contribution in [2.24, 2.45) is 16.0 Å². The van der Waals surface area contributed by atoms with E-state index in [0.29, 0.717) is 6.17 Å². The minimum atomic E-state index is 0.465. The standard InChI is InChI=1S/C9H7BrN3/c10-8-4-2-1-3-6(8)7-5-12-13-9(7)11/h1-5H,11H2. The van der Waals surface area contributed by atoms with Crippen molar-refractivity contribution in [3.63, 3.8) is 0 Å². The Hall–Kier alpha value is -1.00. The van der Waals surface area contributed by atoms with Crippen molar-refractivity contribution in [2.75, 3.05) is 0 Å². The molecule has 1 radical (unpaired) electrons. The predicted octanol–water partition coefficient (Wildman–Crippen LogP) is 2.70. The molecule has 0 spiro atoms. The summed E-state index contributed by atoms with van der Waals surface area (Å²) in [5.41, 5.74) is 7.53. The second kappa shape index (κ2) is 3.40. The molecule has 0 amide bonds. The highest BCUT2D eigenvalue weighted by Crippen LogP contribution is 2.32. The van der Waals surface area contributed by atoms with Gasteiger partial charge in [-0.15, -0.1) is 0 Å². The highest BCUT2D eigenvalue weighted by Gasteiger charge is 2.17. The number of nitrogens with zero attached hydrogens (tertiary/aromatic N) is 2. The van der Waals surface area contributed by atoms with Gasteiger partial charge >= 0.3 is 0 Å². The smallest absolute Gasteiger partial charge is 0.202 e. The summed E-state index contributed by atoms with van der Waals surface area (Å²) in [6.45, 7) is 0. The van der Waals surface area contributed by atoms with Gasteiger partial charge in [0.05, 0.1) is 6.20 Å². The Morgan fingerprint density at radius 2 is 2.00 bits per heavy atom. The van der Waals surface area contributed by atoms with E-state index in [1.807, 2.05) is 24.3 Å². The Morgan fingerprint density at radius 1 is 1.23 bits per heavy atom. The largest absolute Gasteiger partial charge is 0.298 e. The zero-order valence-electron chi connectivity index (χ0n) is 6.74. The predicted molar refractivity (Wildman–Crippen MR) is 54.4 cm³/mol. The molecule has 0 atom stereocenters. The molecule has 0 saturated heterocycles. The number of hydrogen-bond donors (Lipinski definition) is 1. The maximum atomic E-state index is 5.65. The first-order valence-electron chi connectivity index (χ1n) is 3.78. The van der Waals surface area contributed by atoms with Crippen molar-refractivity contribution < 1.29 is 0 Å². The molecule has 0 saturated carbocycles. The van der Waals surface area contributed by atoms with E-state index in [-0.39, 0.29) is 0 Å². The second-order valence-electron chi connectivity index (χ2n) is 2.62. The van der Waals surface area contributed by atoms with Crippen LogP contribution in [0.3, 0.4) is 0 Å². The molecule has 1 aromatic rings. The van der Waals surface area contributed by atoms with Gasteiger partial charge in [-0.25, -0.2) is 0 Å². The molecule has 1 aromatic carbocycles. The van der Waals surface area contributed by atoms with Gasteiger partial charge in [-0.3, -0.25) is 5.73 Å². The summed E-state index contributed by atoms with van der Waals surface area (Å²) in [5.74, 6) is 0. The fourth-order valence-electron chi connectivity index (χ4n) is 1.16. The zero-order valence-corrected chi connectivity index (χ0v) is 8.32. The summed E-state index contributed by atoms with van der Waals surface area (Å²) in [5, 5.41) is 7.48. The third kappa shape index (κ3) is 1.55. The highest BCUT2D eigenvalue weighted by molar-refractivity contribution is 9.10. The van der Waals surface area contributed by atoms with Crippen LogP contribution in [-0.4, -0.2) is 0 Å². The van der Waals surface area contributed by atoms with E-state index in [2.05, 4.69) is 26.2 Å². The molecule has 2 rings (SSSR count). The van der Waals surface area contributed by atoms with E-state index in [4.69, 9.17) is 5.73 Å². The topological polar surface area (TPSA) is 50.7 Å². The molecular formula is C9H7BrN3. The summed E-state index contributed by atoms with van der Waals surface area (Å²) in [6, 6.07) is 7.83. The van der Waals surface area contributed by atoms with E-state index in [1.54, 1.807) is 6.20 Å². The first-order chi connectivity index (χ1) is 6.29. The zero-order chi connectivity index (χ0) is 9.26. The van der Waals surface area contributed by atoms with E-state index >= 15 is 0 Å². The summed E-state index contributed by atoms with van der Waals surface area (Å²) in [6.07, 6.45) is 2.13. The first kappa shape index (κ1) is 8.59. The molecule has 0 fully saturated rings. The van der Waals surface area contributed by atoms with E-state index < -0.39 is 0 Å². The molecule has 1 heterocycles. The summed E-state index contributed by atoms with van der Waals surface area (Å²) in [4.78, 5) is 0. The van der Waals surface area contributed by atoms with E-state index in [1.165, 1.54) is 0 Å². The van der Waals surface area contributed by atoms with Crippen molar-refractivity contribution in [2.45, 2.75) is 0 Å². The molecular weight excluding hydrogens is 230 g/mol. The van der Waals surface area contributed by atoms with Crippen LogP contribution < -0.4 is 5.73 Å². The highest BCUT2D eigenvalue weighted by atomic mass is 79.9. The molecule has 4 heteroatoms. The van der Waals surface area contributed by atoms with Crippen LogP contribution in [0, 0.1) is 6.17 Å². The van der Waals surface area contributed by atoms with Gasteiger partial charge in [0, 0.05) is 10.0 Å². The van der Waals surface area contributed by atoms with Gasteiger partial charge in [0.25, 0.3) is 0 Å². The Labute approximate surface area is 84.5 Å². The lowest BCUT2D eigenvalue weighted by molar-refractivity contribution is 1.04. The van der Waals surface area contributed by atoms with Crippen molar-refractivity contribution in [3.05, 3.63) is 46.7 Å². The minimum absolute atomic E-state index is 0.465. The molecule has 1 aliphatic rings. The third-order valence-electron chi connectivity index (χ3n) is 1.79. The number of halogens is 1. The van der Waals surface area contributed by atoms with Gasteiger partial charge in [0.1, 0.15) is 0 Å². The minimum Gasteiger partial charge on any atom is -0.298 e. The monoisotopic (exact) mass is 236 g/mol. The quantitative estimate of drug-likeness (QED) is 0.801. The van der Waals surface area contributed by atoms with Gasteiger partial charge in [-0.2, -0.15) is 10.2 Å². The van der Waals surface area contributed by atoms with Gasteiger partial charge in [0.15, 0.2) is 0 Å². The molecule has 13 heavy (non-hydrogen) atoms. The van der Waals surface area contributed by atoms with Crippen molar-refractivity contribution >= 4 is 21.5 Å². The molecule has 0 unspecified atom stereocenters. The van der Waals surface area contributed by atoms with E-state index in [9.17, 15) is 0 Å². The fraction of sp³-hybridized carbons (Fsp3) is 0. The Kier molecular flexibility index (Phi) is 2.24. The van der Waals surface area contributed by atoms with Gasteiger partial charge in [0.2, 0.25) is 6.17 Å². The average Bonchev–Trinajstić information content (AvgIpc) is 2.52. The van der Waals surface area contributed by atoms with Crippen LogP contribution in [0.2, 0.25) is 0 Å². The number of rotatable bonds is 1. The number of benzene rings is 1. The maximum Gasteiger partial charge on any atom is 0.202 e. The van der Waals surface area contributed by atoms with Crippen LogP contribution in [-0.2, 0) is 0 Å². The lowest BCUT2D eigenvalue weighted by Crippen LogP contribution is -2.06. The third-order valence-corrected chi connectivity index (χ3v) is 2.48. The molecule has 2 N–H and O–H groups in total. The van der Waals surface area contributed by atoms with Crippen LogP contribution >= 0.6 is 15.9 Å². The Balaban J connectivity index is 2.42. The lowest BCUT2D eigenvalue weighted by Gasteiger charge is -2.06.